The summed E-state index contributed by atoms with van der Waals surface area (Å²) >= 11 is 0. The Labute approximate surface area is 71.5 Å². The van der Waals surface area contributed by atoms with E-state index in [1.54, 1.807) is 18.2 Å². The first-order valence-electron chi connectivity index (χ1n) is 3.84. The van der Waals surface area contributed by atoms with Crippen molar-refractivity contribution in [2.75, 3.05) is 0 Å². The first-order valence-corrected chi connectivity index (χ1v) is 3.84. The lowest BCUT2D eigenvalue weighted by molar-refractivity contribution is 0.474. The van der Waals surface area contributed by atoms with Gasteiger partial charge in [-0.2, -0.15) is 5.10 Å². The summed E-state index contributed by atoms with van der Waals surface area (Å²) in [7, 11) is 0. The van der Waals surface area contributed by atoms with E-state index in [9.17, 15) is 5.11 Å². The largest absolute Gasteiger partial charge is 0.507 e. The van der Waals surface area contributed by atoms with Crippen LogP contribution in [0.1, 0.15) is 18.9 Å². The van der Waals surface area contributed by atoms with Crippen molar-refractivity contribution in [3.05, 3.63) is 29.8 Å². The average Bonchev–Trinajstić information content (AvgIpc) is 2.10. The number of benzene rings is 1. The maximum atomic E-state index is 9.41. The molecule has 0 bridgehead atoms. The molecule has 3 N–H and O–H groups in total. The molecule has 0 aliphatic heterocycles. The number of hydrazone groups is 1. The smallest absolute Gasteiger partial charge is 0.124 e. The molecule has 0 atom stereocenters. The second-order valence-electron chi connectivity index (χ2n) is 2.45. The number of hydrogen-bond acceptors (Lipinski definition) is 3. The third-order valence-corrected chi connectivity index (χ3v) is 1.71. The molecule has 0 amide bonds. The molecule has 64 valence electrons. The molecule has 0 radical (unpaired) electrons. The van der Waals surface area contributed by atoms with Gasteiger partial charge >= 0.3 is 0 Å². The maximum absolute atomic E-state index is 9.41. The molecule has 3 heteroatoms. The van der Waals surface area contributed by atoms with Crippen molar-refractivity contribution in [3.8, 4) is 5.75 Å². The molecule has 0 saturated heterocycles. The molecule has 0 fully saturated rings. The second-order valence-corrected chi connectivity index (χ2v) is 2.45. The normalized spacial score (nSPS) is 11.6. The SMILES string of the molecule is CCC(=NN)c1ccccc1O. The van der Waals surface area contributed by atoms with Crippen LogP contribution in [-0.4, -0.2) is 10.8 Å². The Morgan fingerprint density at radius 2 is 2.17 bits per heavy atom. The Bertz CT molecular complexity index is 294. The third kappa shape index (κ3) is 1.56. The van der Waals surface area contributed by atoms with Gasteiger partial charge in [0.05, 0.1) is 5.71 Å². The lowest BCUT2D eigenvalue weighted by atomic mass is 10.1. The molecule has 0 heterocycles. The van der Waals surface area contributed by atoms with Crippen molar-refractivity contribution in [2.45, 2.75) is 13.3 Å². The highest BCUT2D eigenvalue weighted by Gasteiger charge is 2.04. The summed E-state index contributed by atoms with van der Waals surface area (Å²) in [6.07, 6.45) is 0.716. The molecule has 1 aromatic rings. The van der Waals surface area contributed by atoms with Crippen LogP contribution in [0.2, 0.25) is 0 Å². The summed E-state index contributed by atoms with van der Waals surface area (Å²) in [6, 6.07) is 7.03. The number of para-hydroxylation sites is 1. The minimum absolute atomic E-state index is 0.226. The van der Waals surface area contributed by atoms with E-state index in [1.165, 1.54) is 0 Å². The zero-order valence-corrected chi connectivity index (χ0v) is 6.99. The van der Waals surface area contributed by atoms with Gasteiger partial charge in [-0.1, -0.05) is 19.1 Å². The zero-order chi connectivity index (χ0) is 8.97. The van der Waals surface area contributed by atoms with Crippen LogP contribution >= 0.6 is 0 Å². The first kappa shape index (κ1) is 8.59. The predicted octanol–water partition coefficient (Wildman–Crippen LogP) is 1.46. The molecule has 1 aromatic carbocycles. The summed E-state index contributed by atoms with van der Waals surface area (Å²) in [5, 5.41) is 13.0. The van der Waals surface area contributed by atoms with Crippen LogP contribution in [0.3, 0.4) is 0 Å². The van der Waals surface area contributed by atoms with Gasteiger partial charge in [-0.05, 0) is 18.6 Å². The predicted molar refractivity (Wildman–Crippen MR) is 49.1 cm³/mol. The van der Waals surface area contributed by atoms with E-state index in [2.05, 4.69) is 5.10 Å². The number of hydrogen-bond donors (Lipinski definition) is 2. The van der Waals surface area contributed by atoms with Crippen molar-refractivity contribution in [1.29, 1.82) is 0 Å². The monoisotopic (exact) mass is 164 g/mol. The van der Waals surface area contributed by atoms with Crippen molar-refractivity contribution in [2.24, 2.45) is 10.9 Å². The molecule has 12 heavy (non-hydrogen) atoms. The summed E-state index contributed by atoms with van der Waals surface area (Å²) in [5.74, 6) is 5.39. The van der Waals surface area contributed by atoms with E-state index in [0.29, 0.717) is 17.7 Å². The van der Waals surface area contributed by atoms with E-state index in [1.807, 2.05) is 13.0 Å². The number of rotatable bonds is 2. The zero-order valence-electron chi connectivity index (χ0n) is 6.99. The molecule has 0 unspecified atom stereocenters. The highest BCUT2D eigenvalue weighted by molar-refractivity contribution is 6.02. The van der Waals surface area contributed by atoms with Crippen LogP contribution in [0.5, 0.6) is 5.75 Å². The molecule has 0 aromatic heterocycles. The molecule has 3 nitrogen and oxygen atoms in total. The van der Waals surface area contributed by atoms with Crippen molar-refractivity contribution < 1.29 is 5.11 Å². The van der Waals surface area contributed by atoms with Crippen LogP contribution in [0.15, 0.2) is 29.4 Å². The van der Waals surface area contributed by atoms with Gasteiger partial charge in [0, 0.05) is 5.56 Å². The Morgan fingerprint density at radius 1 is 1.50 bits per heavy atom. The summed E-state index contributed by atoms with van der Waals surface area (Å²) < 4.78 is 0. The molecular weight excluding hydrogens is 152 g/mol. The van der Waals surface area contributed by atoms with Gasteiger partial charge in [0.1, 0.15) is 5.75 Å². The number of phenolic OH excluding ortho intramolecular Hbond substituents is 1. The van der Waals surface area contributed by atoms with Crippen LogP contribution in [0.4, 0.5) is 0 Å². The Balaban J connectivity index is 3.10. The Hall–Kier alpha value is -1.51. The fraction of sp³-hybridized carbons (Fsp3) is 0.222. The van der Waals surface area contributed by atoms with Crippen molar-refractivity contribution >= 4 is 5.71 Å². The van der Waals surface area contributed by atoms with Crippen molar-refractivity contribution in [3.63, 3.8) is 0 Å². The lowest BCUT2D eigenvalue weighted by Gasteiger charge is -2.03. The molecule has 0 spiro atoms. The fourth-order valence-electron chi connectivity index (χ4n) is 1.07. The average molecular weight is 164 g/mol. The maximum Gasteiger partial charge on any atom is 0.124 e. The number of nitrogens with zero attached hydrogens (tertiary/aromatic N) is 1. The number of phenols is 1. The quantitative estimate of drug-likeness (QED) is 0.395. The van der Waals surface area contributed by atoms with E-state index in [0.717, 1.165) is 0 Å². The van der Waals surface area contributed by atoms with Crippen LogP contribution in [-0.2, 0) is 0 Å². The molecular formula is C9H12N2O. The molecule has 0 saturated carbocycles. The first-order chi connectivity index (χ1) is 5.79. The third-order valence-electron chi connectivity index (χ3n) is 1.71. The van der Waals surface area contributed by atoms with Gasteiger partial charge in [0.25, 0.3) is 0 Å². The van der Waals surface area contributed by atoms with Gasteiger partial charge in [-0.3, -0.25) is 0 Å². The standard InChI is InChI=1S/C9H12N2O/c1-2-8(11-10)7-5-3-4-6-9(7)12/h3-6,12H,2,10H2,1H3. The van der Waals surface area contributed by atoms with E-state index in [4.69, 9.17) is 5.84 Å². The Kier molecular flexibility index (Phi) is 2.69. The van der Waals surface area contributed by atoms with E-state index in [-0.39, 0.29) is 5.75 Å². The fourth-order valence-corrected chi connectivity index (χ4v) is 1.07. The van der Waals surface area contributed by atoms with Gasteiger partial charge in [0.2, 0.25) is 0 Å². The summed E-state index contributed by atoms with van der Waals surface area (Å²) in [4.78, 5) is 0. The lowest BCUT2D eigenvalue weighted by Crippen LogP contribution is -2.02. The van der Waals surface area contributed by atoms with Gasteiger partial charge in [0.15, 0.2) is 0 Å². The molecule has 1 rings (SSSR count). The Morgan fingerprint density at radius 3 is 2.67 bits per heavy atom. The van der Waals surface area contributed by atoms with Crippen LogP contribution in [0, 0.1) is 0 Å². The topological polar surface area (TPSA) is 58.6 Å². The summed E-state index contributed by atoms with van der Waals surface area (Å²) in [5.41, 5.74) is 1.43. The van der Waals surface area contributed by atoms with Crippen LogP contribution < -0.4 is 5.84 Å². The molecule has 0 aliphatic rings. The van der Waals surface area contributed by atoms with Gasteiger partial charge in [-0.15, -0.1) is 0 Å². The van der Waals surface area contributed by atoms with Gasteiger partial charge in [-0.25, -0.2) is 0 Å². The highest BCUT2D eigenvalue weighted by Crippen LogP contribution is 2.17. The summed E-state index contributed by atoms with van der Waals surface area (Å²) in [6.45, 7) is 1.94. The second kappa shape index (κ2) is 3.76. The van der Waals surface area contributed by atoms with Crippen molar-refractivity contribution in [1.82, 2.24) is 0 Å². The number of nitrogens with two attached hydrogens (primary N) is 1. The highest BCUT2D eigenvalue weighted by atomic mass is 16.3. The number of aromatic hydroxyl groups is 1. The van der Waals surface area contributed by atoms with Gasteiger partial charge < -0.3 is 10.9 Å². The molecule has 0 aliphatic carbocycles. The minimum atomic E-state index is 0.226. The van der Waals surface area contributed by atoms with E-state index >= 15 is 0 Å². The van der Waals surface area contributed by atoms with Crippen LogP contribution in [0.25, 0.3) is 0 Å². The van der Waals surface area contributed by atoms with E-state index < -0.39 is 0 Å². The minimum Gasteiger partial charge on any atom is -0.507 e.